The van der Waals surface area contributed by atoms with E-state index >= 15 is 0 Å². The van der Waals surface area contributed by atoms with Gasteiger partial charge in [0, 0.05) is 22.4 Å². The summed E-state index contributed by atoms with van der Waals surface area (Å²) < 4.78 is 2.21. The predicted octanol–water partition coefficient (Wildman–Crippen LogP) is 11.1. The Hall–Kier alpha value is -7.19. The van der Waals surface area contributed by atoms with Crippen molar-refractivity contribution in [2.75, 3.05) is 0 Å². The Morgan fingerprint density at radius 2 is 0.980 bits per heavy atom. The van der Waals surface area contributed by atoms with Gasteiger partial charge in [-0.2, -0.15) is 15.8 Å². The number of fused-ring (bicyclic) bond motifs is 6. The Bertz CT molecular complexity index is 2720. The summed E-state index contributed by atoms with van der Waals surface area (Å²) in [6.45, 7) is 0. The van der Waals surface area contributed by atoms with E-state index in [0.717, 1.165) is 56.2 Å². The fourth-order valence-electron chi connectivity index (χ4n) is 7.89. The second-order valence-corrected chi connectivity index (χ2v) is 13.1. The van der Waals surface area contributed by atoms with Crippen LogP contribution in [0, 0.1) is 34.0 Å². The van der Waals surface area contributed by atoms with E-state index < -0.39 is 0 Å². The van der Waals surface area contributed by atoms with Crippen molar-refractivity contribution in [3.63, 3.8) is 0 Å². The van der Waals surface area contributed by atoms with Gasteiger partial charge in [-0.3, -0.25) is 0 Å². The molecule has 1 aliphatic carbocycles. The van der Waals surface area contributed by atoms with Crippen molar-refractivity contribution in [3.8, 4) is 57.3 Å². The highest BCUT2D eigenvalue weighted by Crippen LogP contribution is 2.46. The number of hydrogen-bond donors (Lipinski definition) is 0. The van der Waals surface area contributed by atoms with E-state index in [-0.39, 0.29) is 5.92 Å². The van der Waals surface area contributed by atoms with Gasteiger partial charge in [0.15, 0.2) is 0 Å². The molecule has 236 valence electrons. The van der Waals surface area contributed by atoms with Gasteiger partial charge in [0.05, 0.1) is 45.9 Å². The number of hydrogen-bond acceptors (Lipinski definition) is 3. The highest BCUT2D eigenvalue weighted by Gasteiger charge is 2.28. The molecule has 4 nitrogen and oxygen atoms in total. The molecule has 0 saturated carbocycles. The largest absolute Gasteiger partial charge is 0.309 e. The van der Waals surface area contributed by atoms with Crippen molar-refractivity contribution in [2.45, 2.75) is 12.3 Å². The first-order valence-electron chi connectivity index (χ1n) is 16.9. The first-order valence-corrected chi connectivity index (χ1v) is 16.9. The van der Waals surface area contributed by atoms with Gasteiger partial charge in [0.2, 0.25) is 0 Å². The van der Waals surface area contributed by atoms with Crippen LogP contribution in [0.4, 0.5) is 0 Å². The quantitative estimate of drug-likeness (QED) is 0.186. The summed E-state index contributed by atoms with van der Waals surface area (Å²) in [4.78, 5) is 0. The van der Waals surface area contributed by atoms with Gasteiger partial charge in [-0.15, -0.1) is 0 Å². The lowest BCUT2D eigenvalue weighted by Crippen LogP contribution is -2.02. The highest BCUT2D eigenvalue weighted by molar-refractivity contribution is 6.10. The molecule has 9 rings (SSSR count). The zero-order valence-corrected chi connectivity index (χ0v) is 27.5. The van der Waals surface area contributed by atoms with Crippen molar-refractivity contribution in [3.05, 3.63) is 185 Å². The Labute approximate surface area is 295 Å². The van der Waals surface area contributed by atoms with Gasteiger partial charge < -0.3 is 4.57 Å². The number of aromatic nitrogens is 1. The van der Waals surface area contributed by atoms with E-state index in [1.165, 1.54) is 27.8 Å². The normalized spacial score (nSPS) is 11.9. The van der Waals surface area contributed by atoms with Crippen molar-refractivity contribution in [2.24, 2.45) is 0 Å². The van der Waals surface area contributed by atoms with E-state index in [1.807, 2.05) is 54.6 Å². The van der Waals surface area contributed by atoms with Gasteiger partial charge in [-0.05, 0) is 123 Å². The molecule has 51 heavy (non-hydrogen) atoms. The third-order valence-electron chi connectivity index (χ3n) is 10.2. The van der Waals surface area contributed by atoms with Gasteiger partial charge in [0.25, 0.3) is 0 Å². The first-order chi connectivity index (χ1) is 25.1. The number of benzene rings is 7. The molecule has 0 unspecified atom stereocenters. The summed E-state index contributed by atoms with van der Waals surface area (Å²) in [5.41, 5.74) is 15.5. The van der Waals surface area contributed by atoms with Crippen LogP contribution in [0.25, 0.3) is 60.9 Å². The lowest BCUT2D eigenvalue weighted by atomic mass is 9.87. The van der Waals surface area contributed by atoms with Crippen LogP contribution >= 0.6 is 0 Å². The third-order valence-corrected chi connectivity index (χ3v) is 10.2. The fourth-order valence-corrected chi connectivity index (χ4v) is 7.89. The molecular formula is C47H28N4. The van der Waals surface area contributed by atoms with Crippen molar-refractivity contribution in [1.29, 1.82) is 15.8 Å². The Kier molecular flexibility index (Phi) is 7.07. The molecule has 0 atom stereocenters. The number of rotatable bonds is 5. The van der Waals surface area contributed by atoms with Gasteiger partial charge in [0.1, 0.15) is 0 Å². The van der Waals surface area contributed by atoms with Crippen molar-refractivity contribution in [1.82, 2.24) is 4.57 Å². The van der Waals surface area contributed by atoms with E-state index in [0.29, 0.717) is 16.7 Å². The SMILES string of the molecule is N#Cc1cccc(-c2cc(CC3c4ccccc4-c4ccccc43)cc(-c3cccc(-n4c5ccc(C#N)cc5c5cc(C#N)ccc54)c3)c2)c1. The summed E-state index contributed by atoms with van der Waals surface area (Å²) in [5, 5.41) is 30.9. The predicted molar refractivity (Wildman–Crippen MR) is 203 cm³/mol. The van der Waals surface area contributed by atoms with E-state index in [9.17, 15) is 15.8 Å². The zero-order chi connectivity index (χ0) is 34.5. The van der Waals surface area contributed by atoms with Crippen LogP contribution in [-0.4, -0.2) is 4.57 Å². The van der Waals surface area contributed by atoms with Crippen LogP contribution in [0.15, 0.2) is 152 Å². The average Bonchev–Trinajstić information content (AvgIpc) is 3.69. The summed E-state index contributed by atoms with van der Waals surface area (Å²) in [6, 6.07) is 59.0. The summed E-state index contributed by atoms with van der Waals surface area (Å²) in [7, 11) is 0. The third kappa shape index (κ3) is 5.05. The standard InChI is InChI=1S/C47H28N4/c48-27-30-7-5-8-34(19-30)36-20-33(24-43-41-13-3-1-11-39(41)40-12-2-4-14-42(40)43)21-37(25-36)35-9-6-10-38(26-35)51-46-17-15-31(28-49)22-44(46)45-23-32(29-50)16-18-47(45)51/h1-23,25-26,43H,24H2. The van der Waals surface area contributed by atoms with Crippen LogP contribution in [0.2, 0.25) is 0 Å². The Balaban J connectivity index is 1.21. The van der Waals surface area contributed by atoms with Crippen molar-refractivity contribution >= 4 is 21.8 Å². The second-order valence-electron chi connectivity index (χ2n) is 13.1. The monoisotopic (exact) mass is 648 g/mol. The summed E-state index contributed by atoms with van der Waals surface area (Å²) >= 11 is 0. The molecule has 1 aliphatic rings. The Morgan fingerprint density at radius 1 is 0.451 bits per heavy atom. The highest BCUT2D eigenvalue weighted by atomic mass is 15.0. The van der Waals surface area contributed by atoms with Crippen LogP contribution in [0.3, 0.4) is 0 Å². The molecule has 0 N–H and O–H groups in total. The first kappa shape index (κ1) is 29.9. The number of nitriles is 3. The molecule has 0 saturated heterocycles. The second kappa shape index (κ2) is 12.0. The van der Waals surface area contributed by atoms with Crippen molar-refractivity contribution < 1.29 is 0 Å². The fraction of sp³-hybridized carbons (Fsp3) is 0.0426. The minimum absolute atomic E-state index is 0.228. The summed E-state index contributed by atoms with van der Waals surface area (Å²) in [5.74, 6) is 0.228. The minimum Gasteiger partial charge on any atom is -0.309 e. The molecular weight excluding hydrogens is 621 g/mol. The molecule has 0 bridgehead atoms. The van der Waals surface area contributed by atoms with E-state index in [1.54, 1.807) is 0 Å². The molecule has 1 heterocycles. The molecule has 0 fully saturated rings. The molecule has 1 aromatic heterocycles. The Morgan fingerprint density at radius 3 is 1.57 bits per heavy atom. The van der Waals surface area contributed by atoms with Gasteiger partial charge in [-0.1, -0.05) is 84.9 Å². The zero-order valence-electron chi connectivity index (χ0n) is 27.5. The van der Waals surface area contributed by atoms with Gasteiger partial charge >= 0.3 is 0 Å². The molecule has 0 amide bonds. The maximum absolute atomic E-state index is 9.72. The molecule has 4 heteroatoms. The molecule has 0 spiro atoms. The smallest absolute Gasteiger partial charge is 0.0991 e. The molecule has 0 aliphatic heterocycles. The van der Waals surface area contributed by atoms with Crippen LogP contribution in [-0.2, 0) is 6.42 Å². The molecule has 7 aromatic carbocycles. The average molecular weight is 649 g/mol. The lowest BCUT2D eigenvalue weighted by Gasteiger charge is -2.17. The summed E-state index contributed by atoms with van der Waals surface area (Å²) in [6.07, 6.45) is 0.835. The van der Waals surface area contributed by atoms with Gasteiger partial charge in [-0.25, -0.2) is 0 Å². The maximum atomic E-state index is 9.72. The topological polar surface area (TPSA) is 76.3 Å². The molecule has 0 radical (unpaired) electrons. The van der Waals surface area contributed by atoms with Crippen LogP contribution in [0.5, 0.6) is 0 Å². The van der Waals surface area contributed by atoms with Crippen LogP contribution < -0.4 is 0 Å². The lowest BCUT2D eigenvalue weighted by molar-refractivity contribution is 0.827. The minimum atomic E-state index is 0.228. The maximum Gasteiger partial charge on any atom is 0.0991 e. The van der Waals surface area contributed by atoms with E-state index in [4.69, 9.17) is 0 Å². The molecule has 8 aromatic rings. The number of nitrogens with zero attached hydrogens (tertiary/aromatic N) is 4. The van der Waals surface area contributed by atoms with Crippen LogP contribution in [0.1, 0.15) is 39.3 Å². The van der Waals surface area contributed by atoms with E-state index in [2.05, 4.69) is 120 Å².